The number of esters is 2. The Morgan fingerprint density at radius 2 is 1.65 bits per heavy atom. The molecule has 0 heterocycles. The van der Waals surface area contributed by atoms with E-state index in [2.05, 4.69) is 19.1 Å². The summed E-state index contributed by atoms with van der Waals surface area (Å²) in [4.78, 5) is 23.2. The van der Waals surface area contributed by atoms with Crippen LogP contribution in [0.2, 0.25) is 0 Å². The number of hydrogen-bond donors (Lipinski definition) is 3. The average molecular weight is 435 g/mol. The van der Waals surface area contributed by atoms with E-state index in [1.807, 2.05) is 36.5 Å². The largest absolute Gasteiger partial charge is 0.392 e. The van der Waals surface area contributed by atoms with Crippen LogP contribution in [-0.4, -0.2) is 35.7 Å². The van der Waals surface area contributed by atoms with Gasteiger partial charge >= 0.3 is 11.9 Å². The Balaban J connectivity index is 3.74. The number of rotatable bonds is 18. The SMILES string of the molecule is CCCCCC(O)C=CC=CCC=CCC=CCCCC(=O)OC(=O)[C@H](N)CCCN. The van der Waals surface area contributed by atoms with Crippen LogP contribution in [0, 0.1) is 0 Å². The van der Waals surface area contributed by atoms with E-state index in [4.69, 9.17) is 16.2 Å². The molecule has 0 amide bonds. The van der Waals surface area contributed by atoms with Crippen LogP contribution < -0.4 is 11.5 Å². The van der Waals surface area contributed by atoms with Gasteiger partial charge in [0.2, 0.25) is 0 Å². The molecule has 5 N–H and O–H groups in total. The minimum atomic E-state index is -0.785. The van der Waals surface area contributed by atoms with Crippen LogP contribution >= 0.6 is 0 Å². The third kappa shape index (κ3) is 19.7. The minimum Gasteiger partial charge on any atom is -0.392 e. The lowest BCUT2D eigenvalue weighted by atomic mass is 10.1. The van der Waals surface area contributed by atoms with Gasteiger partial charge in [-0.2, -0.15) is 0 Å². The third-order valence-electron chi connectivity index (χ3n) is 4.55. The summed E-state index contributed by atoms with van der Waals surface area (Å²) < 4.78 is 4.74. The van der Waals surface area contributed by atoms with Gasteiger partial charge in [0.1, 0.15) is 6.04 Å². The van der Waals surface area contributed by atoms with Crippen molar-refractivity contribution in [2.75, 3.05) is 6.54 Å². The summed E-state index contributed by atoms with van der Waals surface area (Å²) in [6.07, 6.45) is 24.1. The maximum Gasteiger partial charge on any atom is 0.330 e. The number of carbonyl (C=O) groups excluding carboxylic acids is 2. The number of hydrogen-bond acceptors (Lipinski definition) is 6. The van der Waals surface area contributed by atoms with Crippen molar-refractivity contribution < 1.29 is 19.4 Å². The molecule has 6 nitrogen and oxygen atoms in total. The quantitative estimate of drug-likeness (QED) is 0.0977. The third-order valence-corrected chi connectivity index (χ3v) is 4.55. The lowest BCUT2D eigenvalue weighted by Gasteiger charge is -2.09. The van der Waals surface area contributed by atoms with Gasteiger partial charge in [0, 0.05) is 6.42 Å². The molecule has 31 heavy (non-hydrogen) atoms. The monoisotopic (exact) mass is 434 g/mol. The number of aliphatic hydroxyl groups is 1. The van der Waals surface area contributed by atoms with Crippen molar-refractivity contribution in [1.82, 2.24) is 0 Å². The van der Waals surface area contributed by atoms with Crippen LogP contribution in [0.5, 0.6) is 0 Å². The molecule has 0 fully saturated rings. The molecule has 0 aromatic carbocycles. The first-order chi connectivity index (χ1) is 15.0. The van der Waals surface area contributed by atoms with Gasteiger partial charge in [-0.05, 0) is 51.5 Å². The fourth-order valence-electron chi connectivity index (χ4n) is 2.67. The summed E-state index contributed by atoms with van der Waals surface area (Å²) >= 11 is 0. The second-order valence-electron chi connectivity index (χ2n) is 7.51. The number of carbonyl (C=O) groups is 2. The van der Waals surface area contributed by atoms with Crippen molar-refractivity contribution in [3.8, 4) is 0 Å². The first-order valence-electron chi connectivity index (χ1n) is 11.5. The zero-order chi connectivity index (χ0) is 23.2. The Labute approximate surface area is 188 Å². The molecule has 0 saturated carbocycles. The topological polar surface area (TPSA) is 116 Å². The number of nitrogens with two attached hydrogens (primary N) is 2. The van der Waals surface area contributed by atoms with Crippen molar-refractivity contribution in [1.29, 1.82) is 0 Å². The highest BCUT2D eigenvalue weighted by Crippen LogP contribution is 2.05. The Morgan fingerprint density at radius 1 is 0.935 bits per heavy atom. The maximum atomic E-state index is 11.6. The predicted octanol–water partition coefficient (Wildman–Crippen LogP) is 4.24. The first-order valence-corrected chi connectivity index (χ1v) is 11.5. The van der Waals surface area contributed by atoms with Crippen LogP contribution in [0.4, 0.5) is 0 Å². The van der Waals surface area contributed by atoms with Gasteiger partial charge in [-0.1, -0.05) is 74.8 Å². The molecule has 0 aliphatic rings. The average Bonchev–Trinajstić information content (AvgIpc) is 2.75. The number of allylic oxidation sites excluding steroid dienone is 7. The van der Waals surface area contributed by atoms with E-state index in [-0.39, 0.29) is 12.5 Å². The highest BCUT2D eigenvalue weighted by atomic mass is 16.6. The highest BCUT2D eigenvalue weighted by molar-refractivity contribution is 5.88. The molecule has 176 valence electrons. The van der Waals surface area contributed by atoms with Crippen LogP contribution in [0.3, 0.4) is 0 Å². The Hall–Kier alpha value is -2.02. The van der Waals surface area contributed by atoms with Crippen molar-refractivity contribution in [3.63, 3.8) is 0 Å². The van der Waals surface area contributed by atoms with Crippen molar-refractivity contribution in [2.45, 2.75) is 89.7 Å². The molecule has 0 saturated heterocycles. The summed E-state index contributed by atoms with van der Waals surface area (Å²) in [5.74, 6) is -1.21. The Bertz CT molecular complexity index is 582. The molecule has 0 aliphatic carbocycles. The fourth-order valence-corrected chi connectivity index (χ4v) is 2.67. The second kappa shape index (κ2) is 21.2. The van der Waals surface area contributed by atoms with E-state index < -0.39 is 18.0 Å². The van der Waals surface area contributed by atoms with E-state index in [0.717, 1.165) is 32.1 Å². The van der Waals surface area contributed by atoms with Crippen molar-refractivity contribution in [2.24, 2.45) is 11.5 Å². The standard InChI is InChI=1S/C25H42N2O4/c1-2-3-13-17-22(28)18-14-11-9-7-5-4-6-8-10-12-15-20-24(29)31-25(30)23(27)19-16-21-26/h4-5,8-11,14,18,22-23,28H,2-3,6-7,12-13,15-17,19-21,26-27H2,1H3/t22?,23-/m1/s1. The number of aliphatic hydroxyl groups excluding tert-OH is 1. The molecular formula is C25H42N2O4. The van der Waals surface area contributed by atoms with Crippen LogP contribution in [-0.2, 0) is 14.3 Å². The highest BCUT2D eigenvalue weighted by Gasteiger charge is 2.17. The number of unbranched alkanes of at least 4 members (excludes halogenated alkanes) is 3. The summed E-state index contributed by atoms with van der Waals surface area (Å²) in [6.45, 7) is 2.61. The van der Waals surface area contributed by atoms with E-state index in [1.165, 1.54) is 12.8 Å². The lowest BCUT2D eigenvalue weighted by molar-refractivity contribution is -0.160. The van der Waals surface area contributed by atoms with E-state index in [1.54, 1.807) is 0 Å². The second-order valence-corrected chi connectivity index (χ2v) is 7.51. The molecule has 1 unspecified atom stereocenters. The van der Waals surface area contributed by atoms with Crippen molar-refractivity contribution >= 4 is 11.9 Å². The van der Waals surface area contributed by atoms with E-state index in [9.17, 15) is 14.7 Å². The molecule has 0 rings (SSSR count). The molecule has 0 aromatic rings. The smallest absolute Gasteiger partial charge is 0.330 e. The van der Waals surface area contributed by atoms with Gasteiger partial charge in [0.15, 0.2) is 0 Å². The summed E-state index contributed by atoms with van der Waals surface area (Å²) in [5, 5.41) is 9.76. The van der Waals surface area contributed by atoms with Crippen LogP contribution in [0.1, 0.15) is 77.6 Å². The predicted molar refractivity (Wildman–Crippen MR) is 127 cm³/mol. The molecule has 0 bridgehead atoms. The van der Waals surface area contributed by atoms with Crippen molar-refractivity contribution in [3.05, 3.63) is 48.6 Å². The van der Waals surface area contributed by atoms with Gasteiger partial charge < -0.3 is 21.3 Å². The lowest BCUT2D eigenvalue weighted by Crippen LogP contribution is -2.34. The van der Waals surface area contributed by atoms with Gasteiger partial charge in [0.05, 0.1) is 6.10 Å². The Morgan fingerprint density at radius 3 is 2.35 bits per heavy atom. The zero-order valence-electron chi connectivity index (χ0n) is 19.1. The maximum absolute atomic E-state index is 11.6. The van der Waals surface area contributed by atoms with E-state index >= 15 is 0 Å². The molecule has 0 radical (unpaired) electrons. The first kappa shape index (κ1) is 29.0. The molecule has 0 spiro atoms. The molecule has 0 aromatic heterocycles. The van der Waals surface area contributed by atoms with Gasteiger partial charge in [-0.25, -0.2) is 4.79 Å². The van der Waals surface area contributed by atoms with Gasteiger partial charge in [-0.15, -0.1) is 0 Å². The molecule has 2 atom stereocenters. The van der Waals surface area contributed by atoms with E-state index in [0.29, 0.717) is 25.8 Å². The Kier molecular flexibility index (Phi) is 19.8. The number of ether oxygens (including phenoxy) is 1. The van der Waals surface area contributed by atoms with Crippen LogP contribution in [0.15, 0.2) is 48.6 Å². The molecule has 0 aliphatic heterocycles. The summed E-state index contributed by atoms with van der Waals surface area (Å²) in [6, 6.07) is -0.785. The summed E-state index contributed by atoms with van der Waals surface area (Å²) in [7, 11) is 0. The zero-order valence-corrected chi connectivity index (χ0v) is 19.1. The van der Waals surface area contributed by atoms with Gasteiger partial charge in [-0.3, -0.25) is 4.79 Å². The molecule has 6 heteroatoms. The fraction of sp³-hybridized carbons (Fsp3) is 0.600. The molecular weight excluding hydrogens is 392 g/mol. The minimum absolute atomic E-state index is 0.196. The van der Waals surface area contributed by atoms with Crippen LogP contribution in [0.25, 0.3) is 0 Å². The normalized spacial score (nSPS) is 14.2. The summed E-state index contributed by atoms with van der Waals surface area (Å²) in [5.41, 5.74) is 11.0. The van der Waals surface area contributed by atoms with Gasteiger partial charge in [0.25, 0.3) is 0 Å².